The maximum Gasteiger partial charge on any atom is 0.416 e. The van der Waals surface area contributed by atoms with Crippen LogP contribution in [0.2, 0.25) is 0 Å². The highest BCUT2D eigenvalue weighted by atomic mass is 19.4. The standard InChI is InChI=1S/C13H14F3NO2/c1-19-12(18)10-7-17-6-9(10)8-4-2-3-5-11(8)13(14,15)16/h2-5,9-10,17H,6-7H2,1H3. The number of methoxy groups -OCH3 is 1. The summed E-state index contributed by atoms with van der Waals surface area (Å²) in [6.07, 6.45) is -4.42. The maximum absolute atomic E-state index is 13.0. The van der Waals surface area contributed by atoms with Gasteiger partial charge in [0.1, 0.15) is 0 Å². The summed E-state index contributed by atoms with van der Waals surface area (Å²) in [6, 6.07) is 5.37. The molecular weight excluding hydrogens is 259 g/mol. The first kappa shape index (κ1) is 13.9. The number of carbonyl (C=O) groups is 1. The van der Waals surface area contributed by atoms with E-state index in [9.17, 15) is 18.0 Å². The Morgan fingerprint density at radius 1 is 1.32 bits per heavy atom. The van der Waals surface area contributed by atoms with Crippen molar-refractivity contribution in [2.45, 2.75) is 12.1 Å². The second kappa shape index (κ2) is 5.21. The first-order valence-electron chi connectivity index (χ1n) is 5.90. The molecule has 0 bridgehead atoms. The summed E-state index contributed by atoms with van der Waals surface area (Å²) in [4.78, 5) is 11.6. The Morgan fingerprint density at radius 2 is 2.00 bits per heavy atom. The summed E-state index contributed by atoms with van der Waals surface area (Å²) in [5.74, 6) is -1.56. The van der Waals surface area contributed by atoms with Gasteiger partial charge >= 0.3 is 12.1 Å². The minimum absolute atomic E-state index is 0.149. The lowest BCUT2D eigenvalue weighted by Crippen LogP contribution is -2.24. The molecule has 2 rings (SSSR count). The highest BCUT2D eigenvalue weighted by molar-refractivity contribution is 5.74. The van der Waals surface area contributed by atoms with Gasteiger partial charge in [0.15, 0.2) is 0 Å². The van der Waals surface area contributed by atoms with E-state index in [0.29, 0.717) is 13.1 Å². The smallest absolute Gasteiger partial charge is 0.416 e. The van der Waals surface area contributed by atoms with Gasteiger partial charge in [-0.25, -0.2) is 0 Å². The number of hydrogen-bond donors (Lipinski definition) is 1. The van der Waals surface area contributed by atoms with Crippen molar-refractivity contribution in [3.8, 4) is 0 Å². The Balaban J connectivity index is 2.39. The molecule has 1 aliphatic heterocycles. The zero-order valence-electron chi connectivity index (χ0n) is 10.3. The van der Waals surface area contributed by atoms with Crippen molar-refractivity contribution < 1.29 is 22.7 Å². The zero-order chi connectivity index (χ0) is 14.0. The lowest BCUT2D eigenvalue weighted by atomic mass is 9.86. The lowest BCUT2D eigenvalue weighted by Gasteiger charge is -2.21. The number of carbonyl (C=O) groups excluding carboxylic acids is 1. The molecule has 0 amide bonds. The number of ether oxygens (including phenoxy) is 1. The van der Waals surface area contributed by atoms with E-state index < -0.39 is 29.5 Å². The molecule has 0 saturated carbocycles. The van der Waals surface area contributed by atoms with Crippen LogP contribution in [0.25, 0.3) is 0 Å². The Kier molecular flexibility index (Phi) is 3.80. The molecule has 0 aromatic heterocycles. The summed E-state index contributed by atoms with van der Waals surface area (Å²) in [7, 11) is 1.24. The fourth-order valence-electron chi connectivity index (χ4n) is 2.48. The predicted molar refractivity (Wildman–Crippen MR) is 62.6 cm³/mol. The number of alkyl halides is 3. The van der Waals surface area contributed by atoms with Gasteiger partial charge in [-0.3, -0.25) is 4.79 Å². The molecule has 0 radical (unpaired) electrons. The van der Waals surface area contributed by atoms with Crippen molar-refractivity contribution in [2.75, 3.05) is 20.2 Å². The fourth-order valence-corrected chi connectivity index (χ4v) is 2.48. The van der Waals surface area contributed by atoms with Crippen LogP contribution >= 0.6 is 0 Å². The molecule has 1 aromatic rings. The summed E-state index contributed by atoms with van der Waals surface area (Å²) >= 11 is 0. The summed E-state index contributed by atoms with van der Waals surface area (Å²) in [6.45, 7) is 0.677. The van der Waals surface area contributed by atoms with Gasteiger partial charge in [0.05, 0.1) is 18.6 Å². The average Bonchev–Trinajstić information content (AvgIpc) is 2.86. The molecule has 2 unspecified atom stereocenters. The van der Waals surface area contributed by atoms with E-state index in [4.69, 9.17) is 0 Å². The van der Waals surface area contributed by atoms with Gasteiger partial charge in [-0.05, 0) is 11.6 Å². The van der Waals surface area contributed by atoms with Crippen molar-refractivity contribution >= 4 is 5.97 Å². The van der Waals surface area contributed by atoms with E-state index in [0.717, 1.165) is 6.07 Å². The van der Waals surface area contributed by atoms with E-state index in [-0.39, 0.29) is 5.56 Å². The van der Waals surface area contributed by atoms with Gasteiger partial charge in [0.2, 0.25) is 0 Å². The number of benzene rings is 1. The number of nitrogens with one attached hydrogen (secondary N) is 1. The number of esters is 1. The van der Waals surface area contributed by atoms with Crippen LogP contribution in [0.5, 0.6) is 0 Å². The Bertz CT molecular complexity index is 473. The highest BCUT2D eigenvalue weighted by Gasteiger charge is 2.41. The molecule has 1 aliphatic rings. The van der Waals surface area contributed by atoms with Crippen LogP contribution < -0.4 is 5.32 Å². The zero-order valence-corrected chi connectivity index (χ0v) is 10.3. The van der Waals surface area contributed by atoms with Crippen LogP contribution in [-0.2, 0) is 15.7 Å². The second-order valence-corrected chi connectivity index (χ2v) is 4.48. The molecule has 0 spiro atoms. The van der Waals surface area contributed by atoms with E-state index in [1.807, 2.05) is 0 Å². The van der Waals surface area contributed by atoms with Crippen LogP contribution in [0, 0.1) is 5.92 Å². The van der Waals surface area contributed by atoms with Crippen molar-refractivity contribution in [3.05, 3.63) is 35.4 Å². The van der Waals surface area contributed by atoms with Crippen LogP contribution in [0.15, 0.2) is 24.3 Å². The molecule has 1 saturated heterocycles. The molecule has 104 valence electrons. The molecule has 3 nitrogen and oxygen atoms in total. The topological polar surface area (TPSA) is 38.3 Å². The number of rotatable bonds is 2. The lowest BCUT2D eigenvalue weighted by molar-refractivity contribution is -0.146. The number of halogens is 3. The van der Waals surface area contributed by atoms with Gasteiger partial charge < -0.3 is 10.1 Å². The van der Waals surface area contributed by atoms with Gasteiger partial charge in [-0.15, -0.1) is 0 Å². The summed E-state index contributed by atoms with van der Waals surface area (Å²) in [5, 5.41) is 2.95. The Hall–Kier alpha value is -1.56. The maximum atomic E-state index is 13.0. The van der Waals surface area contributed by atoms with Gasteiger partial charge in [-0.1, -0.05) is 18.2 Å². The van der Waals surface area contributed by atoms with Crippen LogP contribution in [-0.4, -0.2) is 26.2 Å². The second-order valence-electron chi connectivity index (χ2n) is 4.48. The van der Waals surface area contributed by atoms with Crippen LogP contribution in [0.1, 0.15) is 17.0 Å². The van der Waals surface area contributed by atoms with E-state index >= 15 is 0 Å². The molecule has 2 atom stereocenters. The van der Waals surface area contributed by atoms with Gasteiger partial charge in [0, 0.05) is 19.0 Å². The third kappa shape index (κ3) is 2.73. The molecule has 1 aromatic carbocycles. The highest BCUT2D eigenvalue weighted by Crippen LogP contribution is 2.38. The first-order valence-corrected chi connectivity index (χ1v) is 5.90. The van der Waals surface area contributed by atoms with E-state index in [1.165, 1.54) is 19.2 Å². The molecule has 19 heavy (non-hydrogen) atoms. The first-order chi connectivity index (χ1) is 8.95. The Morgan fingerprint density at radius 3 is 2.63 bits per heavy atom. The molecule has 1 N–H and O–H groups in total. The normalized spacial score (nSPS) is 23.4. The third-order valence-electron chi connectivity index (χ3n) is 3.38. The fraction of sp³-hybridized carbons (Fsp3) is 0.462. The van der Waals surface area contributed by atoms with Crippen molar-refractivity contribution in [1.29, 1.82) is 0 Å². The monoisotopic (exact) mass is 273 g/mol. The molecule has 0 aliphatic carbocycles. The van der Waals surface area contributed by atoms with E-state index in [1.54, 1.807) is 6.07 Å². The predicted octanol–water partition coefficient (Wildman–Crippen LogP) is 2.18. The van der Waals surface area contributed by atoms with Crippen LogP contribution in [0.4, 0.5) is 13.2 Å². The minimum atomic E-state index is -4.42. The van der Waals surface area contributed by atoms with Crippen molar-refractivity contribution in [3.63, 3.8) is 0 Å². The molecule has 1 heterocycles. The summed E-state index contributed by atoms with van der Waals surface area (Å²) in [5.41, 5.74) is -0.534. The van der Waals surface area contributed by atoms with E-state index in [2.05, 4.69) is 10.1 Å². The molecular formula is C13H14F3NO2. The molecule has 1 fully saturated rings. The summed E-state index contributed by atoms with van der Waals surface area (Å²) < 4.78 is 43.6. The van der Waals surface area contributed by atoms with Crippen molar-refractivity contribution in [2.24, 2.45) is 5.92 Å². The minimum Gasteiger partial charge on any atom is -0.469 e. The number of hydrogen-bond acceptors (Lipinski definition) is 3. The van der Waals surface area contributed by atoms with Crippen LogP contribution in [0.3, 0.4) is 0 Å². The van der Waals surface area contributed by atoms with Crippen molar-refractivity contribution in [1.82, 2.24) is 5.32 Å². The average molecular weight is 273 g/mol. The largest absolute Gasteiger partial charge is 0.469 e. The quantitative estimate of drug-likeness (QED) is 0.839. The third-order valence-corrected chi connectivity index (χ3v) is 3.38. The van der Waals surface area contributed by atoms with Gasteiger partial charge in [-0.2, -0.15) is 13.2 Å². The molecule has 6 heteroatoms. The van der Waals surface area contributed by atoms with Gasteiger partial charge in [0.25, 0.3) is 0 Å². The Labute approximate surface area is 108 Å². The SMILES string of the molecule is COC(=O)C1CNCC1c1ccccc1C(F)(F)F.